The smallest absolute Gasteiger partial charge is 0.339 e. The highest BCUT2D eigenvalue weighted by atomic mass is 32.2. The lowest BCUT2D eigenvalue weighted by Gasteiger charge is -2.56. The molecule has 6 atom stereocenters. The third kappa shape index (κ3) is 5.42. The van der Waals surface area contributed by atoms with E-state index in [2.05, 4.69) is 50.9 Å². The van der Waals surface area contributed by atoms with Gasteiger partial charge in [0.25, 0.3) is 0 Å². The number of hydrogen-bond donors (Lipinski definition) is 4. The van der Waals surface area contributed by atoms with Gasteiger partial charge in [-0.1, -0.05) is 42.7 Å². The lowest BCUT2D eigenvalue weighted by Crippen LogP contribution is -2.57. The van der Waals surface area contributed by atoms with E-state index in [4.69, 9.17) is 4.74 Å². The van der Waals surface area contributed by atoms with E-state index in [0.29, 0.717) is 10.8 Å². The summed E-state index contributed by atoms with van der Waals surface area (Å²) >= 11 is 1.45. The second-order valence-corrected chi connectivity index (χ2v) is 15.7. The molecule has 3 aliphatic carbocycles. The van der Waals surface area contributed by atoms with Crippen molar-refractivity contribution in [1.29, 1.82) is 0 Å². The minimum Gasteiger partial charge on any atom is -0.506 e. The number of rotatable bonds is 7. The molecule has 45 heavy (non-hydrogen) atoms. The van der Waals surface area contributed by atoms with Gasteiger partial charge in [-0.15, -0.1) is 0 Å². The number of thioether (sulfide) groups is 1. The van der Waals surface area contributed by atoms with Crippen LogP contribution in [0.25, 0.3) is 0 Å². The number of nitrogens with one attached hydrogen (secondary N) is 1. The predicted octanol–water partition coefficient (Wildman–Crippen LogP) is 6.75. The highest BCUT2D eigenvalue weighted by Gasteiger charge is 2.72. The fourth-order valence-electron chi connectivity index (χ4n) is 8.31. The van der Waals surface area contributed by atoms with Gasteiger partial charge in [-0.05, 0) is 95.0 Å². The molecule has 8 nitrogen and oxygen atoms in total. The number of aromatic hydroxyl groups is 2. The van der Waals surface area contributed by atoms with E-state index in [-0.39, 0.29) is 52.8 Å². The molecule has 9 heteroatoms. The van der Waals surface area contributed by atoms with Crippen molar-refractivity contribution in [2.45, 2.75) is 83.3 Å². The first-order valence-electron chi connectivity index (χ1n) is 15.4. The Kier molecular flexibility index (Phi) is 7.41. The molecule has 2 aromatic carbocycles. The molecule has 7 rings (SSSR count). The molecule has 4 bridgehead atoms. The summed E-state index contributed by atoms with van der Waals surface area (Å²) in [6, 6.07) is 10.1. The molecule has 0 radical (unpaired) electrons. The maximum absolute atomic E-state index is 14.5. The van der Waals surface area contributed by atoms with Crippen LogP contribution in [0.15, 0.2) is 52.3 Å². The van der Waals surface area contributed by atoms with Crippen LogP contribution in [0.3, 0.4) is 0 Å². The first-order chi connectivity index (χ1) is 21.0. The second kappa shape index (κ2) is 10.7. The summed E-state index contributed by atoms with van der Waals surface area (Å²) in [5.41, 5.74) is -1.42. The third-order valence-corrected chi connectivity index (χ3v) is 11.1. The number of carboxylic acid groups (broad SMARTS) is 1. The number of aromatic carboxylic acids is 1. The normalized spacial score (nSPS) is 31.2. The Morgan fingerprint density at radius 2 is 1.91 bits per heavy atom. The number of phenols is 2. The van der Waals surface area contributed by atoms with Crippen molar-refractivity contribution in [2.24, 2.45) is 28.1 Å². The van der Waals surface area contributed by atoms with Crippen LogP contribution in [-0.4, -0.2) is 44.7 Å². The van der Waals surface area contributed by atoms with Gasteiger partial charge in [-0.25, -0.2) is 4.79 Å². The van der Waals surface area contributed by atoms with E-state index in [1.807, 2.05) is 31.2 Å². The van der Waals surface area contributed by atoms with Gasteiger partial charge >= 0.3 is 5.97 Å². The minimum atomic E-state index is -1.39. The Morgan fingerprint density at radius 3 is 2.60 bits per heavy atom. The van der Waals surface area contributed by atoms with Crippen LogP contribution in [0.4, 0.5) is 5.69 Å². The van der Waals surface area contributed by atoms with Crippen molar-refractivity contribution in [3.05, 3.63) is 58.5 Å². The van der Waals surface area contributed by atoms with Crippen molar-refractivity contribution in [1.82, 2.24) is 0 Å². The molecule has 0 aromatic heterocycles. The van der Waals surface area contributed by atoms with Gasteiger partial charge in [0.2, 0.25) is 5.91 Å². The molecule has 236 valence electrons. The van der Waals surface area contributed by atoms with Gasteiger partial charge in [-0.2, -0.15) is 0 Å². The number of Topliss-reactive ketones (excluding diaryl/α,β-unsaturated/α-hetero) is 1. The summed E-state index contributed by atoms with van der Waals surface area (Å²) in [4.78, 5) is 40.8. The number of carbonyl (C=O) groups excluding carboxylic acids is 2. The Labute approximate surface area is 267 Å². The van der Waals surface area contributed by atoms with E-state index < -0.39 is 34.4 Å². The molecule has 2 aliphatic heterocycles. The van der Waals surface area contributed by atoms with Crippen LogP contribution in [0.2, 0.25) is 0 Å². The van der Waals surface area contributed by atoms with E-state index >= 15 is 0 Å². The minimum absolute atomic E-state index is 0.0248. The monoisotopic (exact) mass is 629 g/mol. The van der Waals surface area contributed by atoms with Crippen LogP contribution in [0.1, 0.15) is 82.6 Å². The van der Waals surface area contributed by atoms with Crippen molar-refractivity contribution >= 4 is 35.1 Å². The van der Waals surface area contributed by atoms with Crippen LogP contribution < -0.4 is 5.32 Å². The highest BCUT2D eigenvalue weighted by Crippen LogP contribution is 2.72. The summed E-state index contributed by atoms with van der Waals surface area (Å²) in [6.45, 7) is 10.3. The molecular weight excluding hydrogens is 590 g/mol. The number of allylic oxidation sites excluding steroid dienone is 2. The molecule has 2 heterocycles. The number of phenolic OH excluding ortho intramolecular Hbond substituents is 1. The highest BCUT2D eigenvalue weighted by molar-refractivity contribution is 8.04. The number of ketones is 1. The van der Waals surface area contributed by atoms with E-state index in [1.54, 1.807) is 0 Å². The maximum Gasteiger partial charge on any atom is 0.339 e. The number of ether oxygens (including phenoxy) is 1. The summed E-state index contributed by atoms with van der Waals surface area (Å²) in [7, 11) is 0. The van der Waals surface area contributed by atoms with Gasteiger partial charge in [0.05, 0.1) is 16.6 Å². The van der Waals surface area contributed by atoms with Gasteiger partial charge in [0, 0.05) is 33.6 Å². The summed E-state index contributed by atoms with van der Waals surface area (Å²) in [6.07, 6.45) is 4.93. The van der Waals surface area contributed by atoms with E-state index in [1.165, 1.54) is 11.8 Å². The van der Waals surface area contributed by atoms with Crippen LogP contribution in [0.5, 0.6) is 11.5 Å². The third-order valence-electron chi connectivity index (χ3n) is 10.1. The SMILES string of the molecule is CC(C)(C)C#Cc1cccc(SC2=C[C@]34C[C@H]5C[C@H](O[C@@]5(C)C3)[C@H]4[C@](C)(CCC(=O)Nc3c(O)ccc(C(=O)O)c3O)C2=O)c1. The topological polar surface area (TPSA) is 133 Å². The largest absolute Gasteiger partial charge is 0.506 e. The quantitative estimate of drug-likeness (QED) is 0.195. The number of benzene rings is 2. The van der Waals surface area contributed by atoms with Gasteiger partial charge in [0.15, 0.2) is 11.5 Å². The molecule has 4 fully saturated rings. The summed E-state index contributed by atoms with van der Waals surface area (Å²) in [5, 5.41) is 32.5. The number of carboxylic acids is 1. The molecular formula is C36H39NO7S. The number of hydrogen-bond acceptors (Lipinski definition) is 7. The standard InChI is InChI=1S/C36H39NO7S/c1-33(2,3)13-11-20-7-6-8-22(15-20)45-26-18-36-17-21-16-25(44-35(21,5)19-36)30(36)34(4,31(26)41)14-12-27(39)37-28-24(38)10-9-23(29(28)40)32(42)43/h6-10,15,18,21,25,30,38,40H,12,14,16-17,19H2,1-5H3,(H,37,39)(H,42,43)/t21-,25+,30+,34+,35+,36-/m1/s1. The van der Waals surface area contributed by atoms with Crippen molar-refractivity contribution < 1.29 is 34.4 Å². The molecule has 1 spiro atoms. The Morgan fingerprint density at radius 1 is 1.16 bits per heavy atom. The fraction of sp³-hybridized carbons (Fsp3) is 0.472. The van der Waals surface area contributed by atoms with Gasteiger partial charge < -0.3 is 25.4 Å². The predicted molar refractivity (Wildman–Crippen MR) is 171 cm³/mol. The zero-order valence-electron chi connectivity index (χ0n) is 26.2. The Hall–Kier alpha value is -3.74. The summed E-state index contributed by atoms with van der Waals surface area (Å²) in [5.74, 6) is 3.71. The molecule has 2 saturated carbocycles. The van der Waals surface area contributed by atoms with Crippen molar-refractivity contribution in [2.75, 3.05) is 5.32 Å². The molecule has 4 N–H and O–H groups in total. The van der Waals surface area contributed by atoms with E-state index in [9.17, 15) is 29.7 Å². The van der Waals surface area contributed by atoms with Gasteiger partial charge in [0.1, 0.15) is 17.0 Å². The molecule has 1 amide bonds. The second-order valence-electron chi connectivity index (χ2n) is 14.6. The average Bonchev–Trinajstić information content (AvgIpc) is 3.32. The lowest BCUT2D eigenvalue weighted by molar-refractivity contribution is -0.169. The lowest BCUT2D eigenvalue weighted by atomic mass is 9.51. The zero-order chi connectivity index (χ0) is 32.5. The molecule has 2 saturated heterocycles. The van der Waals surface area contributed by atoms with E-state index in [0.717, 1.165) is 41.9 Å². The van der Waals surface area contributed by atoms with Crippen molar-refractivity contribution in [3.8, 4) is 23.3 Å². The number of amides is 1. The summed E-state index contributed by atoms with van der Waals surface area (Å²) < 4.78 is 6.61. The Balaban J connectivity index is 1.29. The first kappa shape index (κ1) is 31.3. The number of anilines is 1. The van der Waals surface area contributed by atoms with Gasteiger partial charge in [-0.3, -0.25) is 9.59 Å². The average molecular weight is 630 g/mol. The van der Waals surface area contributed by atoms with Crippen LogP contribution in [-0.2, 0) is 14.3 Å². The van der Waals surface area contributed by atoms with Crippen LogP contribution in [0, 0.1) is 39.9 Å². The first-order valence-corrected chi connectivity index (χ1v) is 16.2. The number of carbonyl (C=O) groups is 3. The molecule has 0 unspecified atom stereocenters. The maximum atomic E-state index is 14.5. The molecule has 5 aliphatic rings. The molecule has 2 aromatic rings. The fourth-order valence-corrected chi connectivity index (χ4v) is 9.52. The van der Waals surface area contributed by atoms with Crippen LogP contribution >= 0.6 is 11.8 Å². The van der Waals surface area contributed by atoms with Crippen molar-refractivity contribution in [3.63, 3.8) is 0 Å². The Bertz CT molecular complexity index is 1710. The zero-order valence-corrected chi connectivity index (χ0v) is 27.0.